The third kappa shape index (κ3) is 5.90. The van der Waals surface area contributed by atoms with Crippen molar-refractivity contribution in [2.45, 2.75) is 13.2 Å². The molecule has 5 nitrogen and oxygen atoms in total. The Morgan fingerprint density at radius 3 is 1.88 bits per heavy atom. The van der Waals surface area contributed by atoms with Crippen molar-refractivity contribution in [3.05, 3.63) is 150 Å². The third-order valence-corrected chi connectivity index (χ3v) is 6.68. The van der Waals surface area contributed by atoms with Crippen molar-refractivity contribution in [1.82, 2.24) is 14.8 Å². The fourth-order valence-electron chi connectivity index (χ4n) is 4.37. The largest absolute Gasteiger partial charge is 0.485 e. The molecule has 0 N–H and O–H groups in total. The number of pyridine rings is 1. The van der Waals surface area contributed by atoms with E-state index in [0.717, 1.165) is 33.6 Å². The fourth-order valence-corrected chi connectivity index (χ4v) is 4.50. The molecule has 4 aromatic carbocycles. The third-order valence-electron chi connectivity index (χ3n) is 6.43. The Hall–Kier alpha value is -4.87. The van der Waals surface area contributed by atoms with Gasteiger partial charge in [-0.3, -0.25) is 0 Å². The predicted molar refractivity (Wildman–Crippen MR) is 159 cm³/mol. The lowest BCUT2D eigenvalue weighted by atomic mass is 10.1. The Morgan fingerprint density at radius 1 is 0.600 bits per heavy atom. The molecule has 6 heteroatoms. The van der Waals surface area contributed by atoms with Crippen LogP contribution in [-0.4, -0.2) is 14.8 Å². The molecule has 0 spiro atoms. The van der Waals surface area contributed by atoms with E-state index in [9.17, 15) is 0 Å². The van der Waals surface area contributed by atoms with Gasteiger partial charge in [-0.2, -0.15) is 5.10 Å². The standard InChI is InChI=1S/C34H26ClN3O2/c35-29-17-14-27(15-18-29)30-22-31(38(37-30)34-13-7-8-20-36-34)28-16-19-32(39-23-25-9-3-1-4-10-25)33(21-28)40-24-26-11-5-2-6-12-26/h1-22H,23-24H2. The highest BCUT2D eigenvalue weighted by molar-refractivity contribution is 6.30. The number of nitrogens with zero attached hydrogens (tertiary/aromatic N) is 3. The number of halogens is 1. The molecule has 0 aliphatic heterocycles. The molecule has 0 atom stereocenters. The first kappa shape index (κ1) is 25.4. The smallest absolute Gasteiger partial charge is 0.162 e. The van der Waals surface area contributed by atoms with Gasteiger partial charge in [-0.1, -0.05) is 90.5 Å². The summed E-state index contributed by atoms with van der Waals surface area (Å²) in [6.45, 7) is 0.857. The van der Waals surface area contributed by atoms with Gasteiger partial charge in [0.2, 0.25) is 0 Å². The average molecular weight is 544 g/mol. The van der Waals surface area contributed by atoms with Crippen molar-refractivity contribution in [3.63, 3.8) is 0 Å². The molecule has 0 aliphatic rings. The molecule has 2 aromatic heterocycles. The maximum atomic E-state index is 6.34. The molecule has 196 valence electrons. The Morgan fingerprint density at radius 2 is 1.23 bits per heavy atom. The lowest BCUT2D eigenvalue weighted by Gasteiger charge is -2.15. The average Bonchev–Trinajstić information content (AvgIpc) is 3.47. The van der Waals surface area contributed by atoms with Crippen LogP contribution < -0.4 is 9.47 Å². The molecule has 0 saturated carbocycles. The van der Waals surface area contributed by atoms with E-state index < -0.39 is 0 Å². The number of hydrogen-bond acceptors (Lipinski definition) is 4. The van der Waals surface area contributed by atoms with Crippen molar-refractivity contribution < 1.29 is 9.47 Å². The predicted octanol–water partition coefficient (Wildman–Crippen LogP) is 8.41. The number of aromatic nitrogens is 3. The first-order chi connectivity index (χ1) is 19.7. The molecule has 0 aliphatic carbocycles. The zero-order chi connectivity index (χ0) is 27.1. The van der Waals surface area contributed by atoms with Gasteiger partial charge in [-0.25, -0.2) is 9.67 Å². The van der Waals surface area contributed by atoms with Crippen LogP contribution in [0, 0.1) is 0 Å². The highest BCUT2D eigenvalue weighted by Gasteiger charge is 2.17. The zero-order valence-corrected chi connectivity index (χ0v) is 22.4. The molecular formula is C34H26ClN3O2. The number of benzene rings is 4. The van der Waals surface area contributed by atoms with Gasteiger partial charge in [-0.15, -0.1) is 0 Å². The van der Waals surface area contributed by atoms with Gasteiger partial charge in [-0.05, 0) is 59.7 Å². The van der Waals surface area contributed by atoms with Crippen LogP contribution in [0.1, 0.15) is 11.1 Å². The quantitative estimate of drug-likeness (QED) is 0.184. The molecule has 6 rings (SSSR count). The second kappa shape index (κ2) is 11.9. The number of hydrogen-bond donors (Lipinski definition) is 0. The molecule has 0 bridgehead atoms. The summed E-state index contributed by atoms with van der Waals surface area (Å²) in [4.78, 5) is 4.56. The first-order valence-electron chi connectivity index (χ1n) is 13.0. The molecule has 0 saturated heterocycles. The van der Waals surface area contributed by atoms with Crippen molar-refractivity contribution in [3.8, 4) is 39.8 Å². The summed E-state index contributed by atoms with van der Waals surface area (Å²) >= 11 is 6.14. The summed E-state index contributed by atoms with van der Waals surface area (Å²) in [5.41, 5.74) is 5.74. The maximum absolute atomic E-state index is 6.34. The number of ether oxygens (including phenoxy) is 2. The van der Waals surface area contributed by atoms with E-state index in [1.165, 1.54) is 0 Å². The molecule has 2 heterocycles. The van der Waals surface area contributed by atoms with E-state index in [2.05, 4.69) is 11.1 Å². The lowest BCUT2D eigenvalue weighted by molar-refractivity contribution is 0.256. The van der Waals surface area contributed by atoms with Crippen LogP contribution in [0.4, 0.5) is 0 Å². The zero-order valence-electron chi connectivity index (χ0n) is 21.7. The number of rotatable bonds is 9. The normalized spacial score (nSPS) is 10.8. The van der Waals surface area contributed by atoms with Crippen molar-refractivity contribution >= 4 is 11.6 Å². The van der Waals surface area contributed by atoms with Gasteiger partial charge >= 0.3 is 0 Å². The maximum Gasteiger partial charge on any atom is 0.162 e. The van der Waals surface area contributed by atoms with Crippen LogP contribution in [0.15, 0.2) is 134 Å². The molecular weight excluding hydrogens is 518 g/mol. The molecule has 0 amide bonds. The van der Waals surface area contributed by atoms with E-state index in [-0.39, 0.29) is 0 Å². The van der Waals surface area contributed by atoms with Crippen molar-refractivity contribution in [1.29, 1.82) is 0 Å². The second-order valence-electron chi connectivity index (χ2n) is 9.23. The first-order valence-corrected chi connectivity index (χ1v) is 13.4. The fraction of sp³-hybridized carbons (Fsp3) is 0.0588. The van der Waals surface area contributed by atoms with Crippen LogP contribution in [0.3, 0.4) is 0 Å². The summed E-state index contributed by atoms with van der Waals surface area (Å²) in [5.74, 6) is 2.04. The Kier molecular flexibility index (Phi) is 7.55. The minimum Gasteiger partial charge on any atom is -0.485 e. The van der Waals surface area contributed by atoms with Gasteiger partial charge < -0.3 is 9.47 Å². The van der Waals surface area contributed by atoms with Crippen LogP contribution in [-0.2, 0) is 13.2 Å². The van der Waals surface area contributed by atoms with E-state index in [1.54, 1.807) is 6.20 Å². The summed E-state index contributed by atoms with van der Waals surface area (Å²) in [6, 6.07) is 41.7. The van der Waals surface area contributed by atoms with Crippen LogP contribution in [0.5, 0.6) is 11.5 Å². The monoisotopic (exact) mass is 543 g/mol. The highest BCUT2D eigenvalue weighted by atomic mass is 35.5. The molecule has 0 fully saturated rings. The van der Waals surface area contributed by atoms with Crippen LogP contribution >= 0.6 is 11.6 Å². The van der Waals surface area contributed by atoms with Crippen molar-refractivity contribution in [2.24, 2.45) is 0 Å². The molecule has 0 radical (unpaired) electrons. The van der Waals surface area contributed by atoms with Gasteiger partial charge in [0.15, 0.2) is 17.3 Å². The topological polar surface area (TPSA) is 49.2 Å². The molecule has 40 heavy (non-hydrogen) atoms. The minimum absolute atomic E-state index is 0.418. The summed E-state index contributed by atoms with van der Waals surface area (Å²) in [7, 11) is 0. The second-order valence-corrected chi connectivity index (χ2v) is 9.67. The Labute approximate surface area is 238 Å². The van der Waals surface area contributed by atoms with E-state index in [1.807, 2.05) is 126 Å². The minimum atomic E-state index is 0.418. The van der Waals surface area contributed by atoms with E-state index in [0.29, 0.717) is 35.6 Å². The van der Waals surface area contributed by atoms with Gasteiger partial charge in [0, 0.05) is 22.3 Å². The SMILES string of the molecule is Clc1ccc(-c2cc(-c3ccc(OCc4ccccc4)c(OCc4ccccc4)c3)n(-c3ccccn3)n2)cc1. The van der Waals surface area contributed by atoms with Crippen molar-refractivity contribution in [2.75, 3.05) is 0 Å². The van der Waals surface area contributed by atoms with E-state index in [4.69, 9.17) is 26.2 Å². The van der Waals surface area contributed by atoms with Gasteiger partial charge in [0.25, 0.3) is 0 Å². The van der Waals surface area contributed by atoms with Gasteiger partial charge in [0.05, 0.1) is 11.4 Å². The summed E-state index contributed by atoms with van der Waals surface area (Å²) in [6.07, 6.45) is 1.76. The lowest BCUT2D eigenvalue weighted by Crippen LogP contribution is -2.03. The molecule has 6 aromatic rings. The highest BCUT2D eigenvalue weighted by Crippen LogP contribution is 2.36. The molecule has 0 unspecified atom stereocenters. The van der Waals surface area contributed by atoms with Crippen LogP contribution in [0.2, 0.25) is 5.02 Å². The van der Waals surface area contributed by atoms with E-state index >= 15 is 0 Å². The van der Waals surface area contributed by atoms with Gasteiger partial charge in [0.1, 0.15) is 13.2 Å². The summed E-state index contributed by atoms with van der Waals surface area (Å²) in [5, 5.41) is 5.60. The Balaban J connectivity index is 1.39. The van der Waals surface area contributed by atoms with Crippen LogP contribution in [0.25, 0.3) is 28.3 Å². The summed E-state index contributed by atoms with van der Waals surface area (Å²) < 4.78 is 14.4. The Bertz CT molecular complexity index is 1690.